The summed E-state index contributed by atoms with van der Waals surface area (Å²) in [5.41, 5.74) is 0. The van der Waals surface area contributed by atoms with Gasteiger partial charge in [-0.15, -0.1) is 0 Å². The summed E-state index contributed by atoms with van der Waals surface area (Å²) in [4.78, 5) is 17.4. The molecule has 0 aliphatic carbocycles. The largest absolute Gasteiger partial charge is 0.481 e. The van der Waals surface area contributed by atoms with Crippen LogP contribution in [0.4, 0.5) is 0 Å². The van der Waals surface area contributed by atoms with E-state index in [1.165, 1.54) is 6.42 Å². The summed E-state index contributed by atoms with van der Waals surface area (Å²) in [5, 5.41) is 18.2. The maximum Gasteiger partial charge on any atom is 0.303 e. The Hall–Kier alpha value is -1.10. The van der Waals surface area contributed by atoms with Gasteiger partial charge in [0, 0.05) is 19.2 Å². The molecular formula is C14H26N2O3. The van der Waals surface area contributed by atoms with E-state index >= 15 is 0 Å². The van der Waals surface area contributed by atoms with Gasteiger partial charge in [0.05, 0.1) is 19.3 Å². The van der Waals surface area contributed by atoms with Gasteiger partial charge < -0.3 is 15.1 Å². The van der Waals surface area contributed by atoms with E-state index in [0.717, 1.165) is 32.4 Å². The number of carboxylic acid groups (broad SMARTS) is 1. The third-order valence-electron chi connectivity index (χ3n) is 3.73. The number of aliphatic carboxylic acids is 1. The molecular weight excluding hydrogens is 244 g/mol. The predicted octanol–water partition coefficient (Wildman–Crippen LogP) is 1.75. The van der Waals surface area contributed by atoms with Crippen molar-refractivity contribution in [3.63, 3.8) is 0 Å². The average Bonchev–Trinajstić information content (AvgIpc) is 2.87. The second kappa shape index (κ2) is 8.91. The van der Waals surface area contributed by atoms with E-state index in [-0.39, 0.29) is 25.0 Å². The minimum Gasteiger partial charge on any atom is -0.481 e. The summed E-state index contributed by atoms with van der Waals surface area (Å²) in [5.74, 6) is -0.779. The number of unbranched alkanes of at least 4 members (excludes halogenated alkanes) is 2. The van der Waals surface area contributed by atoms with Gasteiger partial charge in [0.1, 0.15) is 0 Å². The molecule has 5 heteroatoms. The predicted molar refractivity (Wildman–Crippen MR) is 75.4 cm³/mol. The van der Waals surface area contributed by atoms with Crippen LogP contribution in [0.5, 0.6) is 0 Å². The van der Waals surface area contributed by atoms with Crippen molar-refractivity contribution in [1.82, 2.24) is 4.90 Å². The molecule has 0 aromatic carbocycles. The van der Waals surface area contributed by atoms with Crippen molar-refractivity contribution >= 4 is 12.3 Å². The summed E-state index contributed by atoms with van der Waals surface area (Å²) in [7, 11) is 0. The minimum atomic E-state index is -0.782. The molecule has 0 aromatic rings. The van der Waals surface area contributed by atoms with Crippen LogP contribution in [0.15, 0.2) is 4.99 Å². The van der Waals surface area contributed by atoms with Crippen molar-refractivity contribution in [2.75, 3.05) is 19.7 Å². The number of aliphatic hydroxyl groups is 1. The lowest BCUT2D eigenvalue weighted by Crippen LogP contribution is -2.40. The highest BCUT2D eigenvalue weighted by molar-refractivity contribution is 5.67. The quantitative estimate of drug-likeness (QED) is 0.593. The molecule has 19 heavy (non-hydrogen) atoms. The fraction of sp³-hybridized carbons (Fsp3) is 0.857. The van der Waals surface area contributed by atoms with Gasteiger partial charge in [-0.2, -0.15) is 0 Å². The molecule has 1 aliphatic heterocycles. The topological polar surface area (TPSA) is 73.1 Å². The van der Waals surface area contributed by atoms with Crippen LogP contribution >= 0.6 is 0 Å². The molecule has 1 rings (SSSR count). The lowest BCUT2D eigenvalue weighted by Gasteiger charge is -2.33. The highest BCUT2D eigenvalue weighted by atomic mass is 16.4. The van der Waals surface area contributed by atoms with Crippen LogP contribution in [0, 0.1) is 5.92 Å². The fourth-order valence-corrected chi connectivity index (χ4v) is 2.74. The number of hydrogen-bond acceptors (Lipinski definition) is 4. The minimum absolute atomic E-state index is 0.00362. The SMILES string of the molecule is CCCCC[C@H]([C@H](CCO)CC(=O)O)N1C=NCC1. The Morgan fingerprint density at radius 2 is 2.21 bits per heavy atom. The molecule has 5 nitrogen and oxygen atoms in total. The monoisotopic (exact) mass is 270 g/mol. The molecule has 0 saturated carbocycles. The molecule has 0 unspecified atom stereocenters. The van der Waals surface area contributed by atoms with Gasteiger partial charge in [-0.25, -0.2) is 0 Å². The molecule has 0 amide bonds. The van der Waals surface area contributed by atoms with Crippen molar-refractivity contribution in [1.29, 1.82) is 0 Å². The number of aliphatic hydroxyl groups excluding tert-OH is 1. The van der Waals surface area contributed by atoms with Gasteiger partial charge in [0.15, 0.2) is 0 Å². The molecule has 0 bridgehead atoms. The number of nitrogens with zero attached hydrogens (tertiary/aromatic N) is 2. The maximum atomic E-state index is 11.0. The van der Waals surface area contributed by atoms with Gasteiger partial charge >= 0.3 is 5.97 Å². The Bertz CT molecular complexity index is 294. The van der Waals surface area contributed by atoms with Crippen LogP contribution in [0.1, 0.15) is 45.4 Å². The van der Waals surface area contributed by atoms with Crippen molar-refractivity contribution in [2.45, 2.75) is 51.5 Å². The highest BCUT2D eigenvalue weighted by Gasteiger charge is 2.28. The van der Waals surface area contributed by atoms with E-state index in [1.54, 1.807) is 0 Å². The molecule has 0 aromatic heterocycles. The van der Waals surface area contributed by atoms with Crippen LogP contribution in [0.25, 0.3) is 0 Å². The molecule has 2 atom stereocenters. The average molecular weight is 270 g/mol. The molecule has 110 valence electrons. The first-order valence-electron chi connectivity index (χ1n) is 7.27. The first kappa shape index (κ1) is 16.0. The summed E-state index contributed by atoms with van der Waals surface area (Å²) in [6, 6.07) is 0.195. The number of carbonyl (C=O) groups is 1. The summed E-state index contributed by atoms with van der Waals surface area (Å²) in [6.45, 7) is 3.88. The van der Waals surface area contributed by atoms with Gasteiger partial charge in [-0.3, -0.25) is 9.79 Å². The molecule has 2 N–H and O–H groups in total. The standard InChI is InChI=1S/C14H26N2O3/c1-2-3-4-5-13(16-8-7-15-11-16)12(6-9-17)10-14(18)19/h11-13,17H,2-10H2,1H3,(H,18,19)/t12-,13-/m1/s1. The van der Waals surface area contributed by atoms with Crippen molar-refractivity contribution in [3.8, 4) is 0 Å². The van der Waals surface area contributed by atoms with Crippen molar-refractivity contribution < 1.29 is 15.0 Å². The van der Waals surface area contributed by atoms with E-state index in [2.05, 4.69) is 16.8 Å². The van der Waals surface area contributed by atoms with Crippen LogP contribution in [-0.2, 0) is 4.79 Å². The molecule has 1 heterocycles. The number of carboxylic acids is 1. The first-order valence-corrected chi connectivity index (χ1v) is 7.27. The smallest absolute Gasteiger partial charge is 0.303 e. The van der Waals surface area contributed by atoms with Gasteiger partial charge in [-0.05, 0) is 18.8 Å². The van der Waals surface area contributed by atoms with E-state index in [1.807, 2.05) is 6.34 Å². The molecule has 0 spiro atoms. The van der Waals surface area contributed by atoms with E-state index < -0.39 is 5.97 Å². The van der Waals surface area contributed by atoms with Crippen LogP contribution in [0.3, 0.4) is 0 Å². The highest BCUT2D eigenvalue weighted by Crippen LogP contribution is 2.24. The normalized spacial score (nSPS) is 17.7. The fourth-order valence-electron chi connectivity index (χ4n) is 2.74. The zero-order valence-electron chi connectivity index (χ0n) is 11.8. The Labute approximate surface area is 115 Å². The van der Waals surface area contributed by atoms with Gasteiger partial charge in [-0.1, -0.05) is 26.2 Å². The third kappa shape index (κ3) is 5.59. The number of hydrogen-bond donors (Lipinski definition) is 2. The maximum absolute atomic E-state index is 11.0. The van der Waals surface area contributed by atoms with E-state index in [0.29, 0.717) is 6.42 Å². The van der Waals surface area contributed by atoms with Crippen LogP contribution < -0.4 is 0 Å². The molecule has 0 saturated heterocycles. The second-order valence-electron chi connectivity index (χ2n) is 5.19. The summed E-state index contributed by atoms with van der Waals surface area (Å²) < 4.78 is 0. The molecule has 1 aliphatic rings. The third-order valence-corrected chi connectivity index (χ3v) is 3.73. The van der Waals surface area contributed by atoms with E-state index in [4.69, 9.17) is 10.2 Å². The second-order valence-corrected chi connectivity index (χ2v) is 5.19. The lowest BCUT2D eigenvalue weighted by molar-refractivity contribution is -0.138. The Kier molecular flexibility index (Phi) is 7.48. The first-order chi connectivity index (χ1) is 9.19. The van der Waals surface area contributed by atoms with Gasteiger partial charge in [0.25, 0.3) is 0 Å². The molecule has 0 radical (unpaired) electrons. The van der Waals surface area contributed by atoms with Crippen LogP contribution in [-0.4, -0.2) is 53.2 Å². The van der Waals surface area contributed by atoms with Crippen LogP contribution in [0.2, 0.25) is 0 Å². The summed E-state index contributed by atoms with van der Waals surface area (Å²) in [6.07, 6.45) is 6.94. The zero-order valence-corrected chi connectivity index (χ0v) is 11.8. The number of aliphatic imine (C=N–C) groups is 1. The summed E-state index contributed by atoms with van der Waals surface area (Å²) >= 11 is 0. The Morgan fingerprint density at radius 1 is 1.42 bits per heavy atom. The zero-order chi connectivity index (χ0) is 14.1. The Balaban J connectivity index is 2.65. The van der Waals surface area contributed by atoms with Gasteiger partial charge in [0.2, 0.25) is 0 Å². The van der Waals surface area contributed by atoms with Crippen molar-refractivity contribution in [3.05, 3.63) is 0 Å². The Morgan fingerprint density at radius 3 is 2.74 bits per heavy atom. The number of rotatable bonds is 10. The molecule has 0 fully saturated rings. The van der Waals surface area contributed by atoms with Crippen molar-refractivity contribution in [2.24, 2.45) is 10.9 Å². The van der Waals surface area contributed by atoms with E-state index in [9.17, 15) is 4.79 Å². The lowest BCUT2D eigenvalue weighted by atomic mass is 9.88.